The number of carbonyl (C=O) groups excluding carboxylic acids is 1. The van der Waals surface area contributed by atoms with E-state index in [-0.39, 0.29) is 6.54 Å². The Morgan fingerprint density at radius 1 is 1.61 bits per heavy atom. The predicted molar refractivity (Wildman–Crippen MR) is 72.2 cm³/mol. The quantitative estimate of drug-likeness (QED) is 0.576. The first-order valence-corrected chi connectivity index (χ1v) is 6.31. The molecule has 0 aliphatic carbocycles. The van der Waals surface area contributed by atoms with Crippen molar-refractivity contribution in [3.05, 3.63) is 10.7 Å². The Balaban J connectivity index is 2.66. The lowest BCUT2D eigenvalue weighted by atomic mass is 10.3. The molecule has 0 aliphatic heterocycles. The largest absolute Gasteiger partial charge is 0.381 e. The van der Waals surface area contributed by atoms with Crippen molar-refractivity contribution < 1.29 is 9.90 Å². The van der Waals surface area contributed by atoms with E-state index in [9.17, 15) is 9.90 Å². The fourth-order valence-corrected chi connectivity index (χ4v) is 1.44. The molecule has 0 aliphatic rings. The van der Waals surface area contributed by atoms with E-state index < -0.39 is 12.0 Å². The van der Waals surface area contributed by atoms with Crippen molar-refractivity contribution in [2.75, 3.05) is 23.7 Å². The van der Waals surface area contributed by atoms with Crippen molar-refractivity contribution >= 4 is 33.6 Å². The molecule has 1 rings (SSSR count). The fraction of sp³-hybridized carbons (Fsp3) is 0.500. The molecule has 0 spiro atoms. The van der Waals surface area contributed by atoms with Gasteiger partial charge < -0.3 is 21.5 Å². The number of rotatable bonds is 7. The first-order chi connectivity index (χ1) is 8.54. The highest BCUT2D eigenvalue weighted by molar-refractivity contribution is 9.10. The minimum Gasteiger partial charge on any atom is -0.381 e. The van der Waals surface area contributed by atoms with Gasteiger partial charge in [0.05, 0.1) is 11.0 Å². The van der Waals surface area contributed by atoms with Gasteiger partial charge in [-0.1, -0.05) is 6.92 Å². The second kappa shape index (κ2) is 7.12. The molecule has 1 atom stereocenters. The third-order valence-corrected chi connectivity index (χ3v) is 2.65. The van der Waals surface area contributed by atoms with Gasteiger partial charge in [-0.15, -0.1) is 0 Å². The highest BCUT2D eigenvalue weighted by atomic mass is 79.9. The van der Waals surface area contributed by atoms with Gasteiger partial charge in [0.1, 0.15) is 11.9 Å². The molecule has 0 bridgehead atoms. The maximum Gasteiger partial charge on any atom is 0.248 e. The molecule has 1 amide bonds. The summed E-state index contributed by atoms with van der Waals surface area (Å²) in [4.78, 5) is 19.0. The van der Waals surface area contributed by atoms with Crippen molar-refractivity contribution in [2.45, 2.75) is 19.4 Å². The van der Waals surface area contributed by atoms with Crippen molar-refractivity contribution in [3.63, 3.8) is 0 Å². The number of amides is 1. The van der Waals surface area contributed by atoms with Crippen LogP contribution in [0.2, 0.25) is 0 Å². The van der Waals surface area contributed by atoms with Crippen LogP contribution in [0.1, 0.15) is 13.3 Å². The zero-order valence-corrected chi connectivity index (χ0v) is 11.6. The fourth-order valence-electron chi connectivity index (χ4n) is 1.11. The number of aromatic nitrogens is 2. The van der Waals surface area contributed by atoms with E-state index in [2.05, 4.69) is 36.5 Å². The van der Waals surface area contributed by atoms with Crippen LogP contribution in [-0.4, -0.2) is 40.2 Å². The van der Waals surface area contributed by atoms with Crippen LogP contribution in [0.3, 0.4) is 0 Å². The minimum absolute atomic E-state index is 0.00182. The number of nitrogens with zero attached hydrogens (tertiary/aromatic N) is 2. The number of nitrogens with two attached hydrogens (primary N) is 1. The third-order valence-electron chi connectivity index (χ3n) is 2.07. The Bertz CT molecular complexity index is 415. The van der Waals surface area contributed by atoms with Gasteiger partial charge in [0.15, 0.2) is 0 Å². The number of halogens is 1. The van der Waals surface area contributed by atoms with Crippen LogP contribution in [0.5, 0.6) is 0 Å². The summed E-state index contributed by atoms with van der Waals surface area (Å²) >= 11 is 3.27. The number of nitrogens with one attached hydrogen (secondary N) is 2. The van der Waals surface area contributed by atoms with Gasteiger partial charge in [0, 0.05) is 12.7 Å². The van der Waals surface area contributed by atoms with Crippen LogP contribution in [0, 0.1) is 0 Å². The average Bonchev–Trinajstić information content (AvgIpc) is 2.35. The highest BCUT2D eigenvalue weighted by Gasteiger charge is 2.12. The zero-order valence-electron chi connectivity index (χ0n) is 9.98. The smallest absolute Gasteiger partial charge is 0.248 e. The summed E-state index contributed by atoms with van der Waals surface area (Å²) in [5.41, 5.74) is 4.95. The maximum absolute atomic E-state index is 10.7. The van der Waals surface area contributed by atoms with Crippen molar-refractivity contribution in [3.8, 4) is 0 Å². The molecular formula is C10H16BrN5O2. The molecule has 100 valence electrons. The van der Waals surface area contributed by atoms with Gasteiger partial charge in [-0.25, -0.2) is 4.98 Å². The standard InChI is InChI=1S/C10H16BrN5O2/c1-2-3-13-10-15-4-6(11)9(16-10)14-5-7(17)8(12)18/h4,7,17H,2-3,5H2,1H3,(H2,12,18)(H2,13,14,15,16). The van der Waals surface area contributed by atoms with Crippen LogP contribution < -0.4 is 16.4 Å². The topological polar surface area (TPSA) is 113 Å². The molecule has 5 N–H and O–H groups in total. The minimum atomic E-state index is -1.25. The molecule has 1 aromatic heterocycles. The van der Waals surface area contributed by atoms with Crippen LogP contribution >= 0.6 is 15.9 Å². The Labute approximate surface area is 113 Å². The SMILES string of the molecule is CCCNc1ncc(Br)c(NCC(O)C(N)=O)n1. The van der Waals surface area contributed by atoms with Gasteiger partial charge in [-0.2, -0.15) is 4.98 Å². The van der Waals surface area contributed by atoms with Gasteiger partial charge in [-0.3, -0.25) is 4.79 Å². The molecule has 1 heterocycles. The number of aliphatic hydroxyl groups is 1. The summed E-state index contributed by atoms with van der Waals surface area (Å²) in [5, 5.41) is 15.1. The Morgan fingerprint density at radius 2 is 2.33 bits per heavy atom. The molecule has 1 unspecified atom stereocenters. The van der Waals surface area contributed by atoms with E-state index in [1.165, 1.54) is 0 Å². The number of carbonyl (C=O) groups is 1. The number of hydrogen-bond donors (Lipinski definition) is 4. The monoisotopic (exact) mass is 317 g/mol. The van der Waals surface area contributed by atoms with Crippen LogP contribution in [0.4, 0.5) is 11.8 Å². The Morgan fingerprint density at radius 3 is 2.94 bits per heavy atom. The van der Waals surface area contributed by atoms with E-state index in [1.54, 1.807) is 6.20 Å². The number of hydrogen-bond acceptors (Lipinski definition) is 6. The summed E-state index contributed by atoms with van der Waals surface area (Å²) < 4.78 is 0.640. The third kappa shape index (κ3) is 4.46. The molecule has 18 heavy (non-hydrogen) atoms. The molecule has 0 saturated carbocycles. The molecule has 0 fully saturated rings. The Hall–Kier alpha value is -1.41. The average molecular weight is 318 g/mol. The molecule has 0 radical (unpaired) electrons. The van der Waals surface area contributed by atoms with Gasteiger partial charge in [-0.05, 0) is 22.4 Å². The number of aliphatic hydroxyl groups excluding tert-OH is 1. The first-order valence-electron chi connectivity index (χ1n) is 5.52. The summed E-state index contributed by atoms with van der Waals surface area (Å²) in [6.45, 7) is 2.80. The second-order valence-corrected chi connectivity index (χ2v) is 4.47. The molecule has 1 aromatic rings. The second-order valence-electron chi connectivity index (χ2n) is 3.62. The van der Waals surface area contributed by atoms with Crippen LogP contribution in [0.15, 0.2) is 10.7 Å². The molecule has 0 saturated heterocycles. The van der Waals surface area contributed by atoms with E-state index in [0.717, 1.165) is 13.0 Å². The summed E-state index contributed by atoms with van der Waals surface area (Å²) in [7, 11) is 0. The molecular weight excluding hydrogens is 302 g/mol. The van der Waals surface area contributed by atoms with E-state index >= 15 is 0 Å². The summed E-state index contributed by atoms with van der Waals surface area (Å²) in [5.74, 6) is 0.192. The van der Waals surface area contributed by atoms with Gasteiger partial charge in [0.25, 0.3) is 0 Å². The maximum atomic E-state index is 10.7. The van der Waals surface area contributed by atoms with Crippen LogP contribution in [-0.2, 0) is 4.79 Å². The number of primary amides is 1. The predicted octanol–water partition coefficient (Wildman–Crippen LogP) is 0.319. The first kappa shape index (κ1) is 14.7. The lowest BCUT2D eigenvalue weighted by molar-refractivity contribution is -0.125. The molecule has 7 nitrogen and oxygen atoms in total. The van der Waals surface area contributed by atoms with Crippen molar-refractivity contribution in [2.24, 2.45) is 5.73 Å². The van der Waals surface area contributed by atoms with Crippen molar-refractivity contribution in [1.82, 2.24) is 9.97 Å². The van der Waals surface area contributed by atoms with Gasteiger partial charge >= 0.3 is 0 Å². The van der Waals surface area contributed by atoms with Gasteiger partial charge in [0.2, 0.25) is 11.9 Å². The summed E-state index contributed by atoms with van der Waals surface area (Å²) in [6.07, 6.45) is 1.30. The number of anilines is 2. The van der Waals surface area contributed by atoms with E-state index in [4.69, 9.17) is 5.73 Å². The highest BCUT2D eigenvalue weighted by Crippen LogP contribution is 2.19. The van der Waals surface area contributed by atoms with Crippen molar-refractivity contribution in [1.29, 1.82) is 0 Å². The lowest BCUT2D eigenvalue weighted by Gasteiger charge is -2.11. The normalized spacial score (nSPS) is 11.9. The van der Waals surface area contributed by atoms with E-state index in [0.29, 0.717) is 16.2 Å². The zero-order chi connectivity index (χ0) is 13.5. The molecule has 0 aromatic carbocycles. The summed E-state index contributed by atoms with van der Waals surface area (Å²) in [6, 6.07) is 0. The lowest BCUT2D eigenvalue weighted by Crippen LogP contribution is -2.34. The van der Waals surface area contributed by atoms with Crippen LogP contribution in [0.25, 0.3) is 0 Å². The van der Waals surface area contributed by atoms with E-state index in [1.807, 2.05) is 6.92 Å². The molecule has 8 heteroatoms. The Kier molecular flexibility index (Phi) is 5.79.